The van der Waals surface area contributed by atoms with Crippen LogP contribution in [-0.4, -0.2) is 57.5 Å². The summed E-state index contributed by atoms with van der Waals surface area (Å²) in [6, 6.07) is 22.1. The molecule has 4 heterocycles. The lowest BCUT2D eigenvalue weighted by atomic mass is 10.1. The van der Waals surface area contributed by atoms with Gasteiger partial charge in [-0.25, -0.2) is 13.1 Å². The Morgan fingerprint density at radius 1 is 0.911 bits per heavy atom. The van der Waals surface area contributed by atoms with Gasteiger partial charge >= 0.3 is 0 Å². The minimum absolute atomic E-state index is 0.175. The van der Waals surface area contributed by atoms with Crippen molar-refractivity contribution >= 4 is 50.3 Å². The van der Waals surface area contributed by atoms with E-state index in [1.165, 1.54) is 11.8 Å². The number of rotatable bonds is 7. The zero-order valence-corrected chi connectivity index (χ0v) is 26.7. The molecule has 2 saturated heterocycles. The number of thioether (sulfide) groups is 1. The lowest BCUT2D eigenvalue weighted by molar-refractivity contribution is -0.122. The molecule has 230 valence electrons. The molecule has 0 atom stereocenters. The molecule has 3 aliphatic heterocycles. The van der Waals surface area contributed by atoms with Crippen molar-refractivity contribution in [3.8, 4) is 28.4 Å². The van der Waals surface area contributed by atoms with E-state index in [0.29, 0.717) is 57.2 Å². The van der Waals surface area contributed by atoms with E-state index in [4.69, 9.17) is 26.8 Å². The number of para-hydroxylation sites is 1. The highest BCUT2D eigenvalue weighted by Crippen LogP contribution is 2.38. The number of hydrogen-bond donors (Lipinski definition) is 0. The van der Waals surface area contributed by atoms with Gasteiger partial charge in [-0.2, -0.15) is 9.40 Å². The molecule has 7 rings (SSSR count). The van der Waals surface area contributed by atoms with Gasteiger partial charge in [0, 0.05) is 30.4 Å². The predicted octanol–water partition coefficient (Wildman–Crippen LogP) is 6.23. The van der Waals surface area contributed by atoms with E-state index in [0.717, 1.165) is 36.9 Å². The van der Waals surface area contributed by atoms with Crippen molar-refractivity contribution in [1.29, 1.82) is 0 Å². The highest BCUT2D eigenvalue weighted by atomic mass is 32.2. The van der Waals surface area contributed by atoms with Crippen LogP contribution in [0.1, 0.15) is 36.8 Å². The van der Waals surface area contributed by atoms with Crippen LogP contribution in [0, 0.1) is 0 Å². The first kappa shape index (κ1) is 29.7. The van der Waals surface area contributed by atoms with Crippen LogP contribution in [0.3, 0.4) is 0 Å². The molecular formula is C33H30N4O5S3. The highest BCUT2D eigenvalue weighted by molar-refractivity contribution is 8.26. The molecule has 3 aromatic carbocycles. The van der Waals surface area contributed by atoms with Gasteiger partial charge in [0.1, 0.15) is 10.0 Å². The molecule has 0 N–H and O–H groups in total. The van der Waals surface area contributed by atoms with Crippen LogP contribution in [0.5, 0.6) is 11.5 Å². The minimum Gasteiger partial charge on any atom is -0.454 e. The summed E-state index contributed by atoms with van der Waals surface area (Å²) in [7, 11) is -3.67. The maximum absolute atomic E-state index is 13.7. The van der Waals surface area contributed by atoms with Crippen molar-refractivity contribution in [1.82, 2.24) is 19.0 Å². The van der Waals surface area contributed by atoms with E-state index in [1.54, 1.807) is 38.2 Å². The van der Waals surface area contributed by atoms with Gasteiger partial charge in [-0.3, -0.25) is 9.69 Å². The fraction of sp³-hybridized carbons (Fsp3) is 0.242. The first-order valence-electron chi connectivity index (χ1n) is 14.8. The number of carbonyl (C=O) groups is 1. The second-order valence-corrected chi connectivity index (χ2v) is 14.6. The fourth-order valence-corrected chi connectivity index (χ4v) is 8.47. The number of sulfonamides is 1. The largest absolute Gasteiger partial charge is 0.454 e. The molecule has 1 amide bonds. The van der Waals surface area contributed by atoms with Crippen LogP contribution in [0.4, 0.5) is 0 Å². The van der Waals surface area contributed by atoms with Crippen LogP contribution in [0.2, 0.25) is 0 Å². The molecule has 3 aliphatic rings. The smallest absolute Gasteiger partial charge is 0.266 e. The summed E-state index contributed by atoms with van der Waals surface area (Å²) in [4.78, 5) is 15.9. The summed E-state index contributed by atoms with van der Waals surface area (Å²) in [5.74, 6) is 1.11. The molecule has 45 heavy (non-hydrogen) atoms. The molecule has 0 aliphatic carbocycles. The number of amides is 1. The zero-order chi connectivity index (χ0) is 31.0. The molecular weight excluding hydrogens is 629 g/mol. The van der Waals surface area contributed by atoms with Crippen molar-refractivity contribution in [3.63, 3.8) is 0 Å². The molecule has 4 aromatic rings. The van der Waals surface area contributed by atoms with Gasteiger partial charge in [0.05, 0.1) is 22.0 Å². The highest BCUT2D eigenvalue weighted by Gasteiger charge is 2.33. The van der Waals surface area contributed by atoms with E-state index in [9.17, 15) is 13.2 Å². The lowest BCUT2D eigenvalue weighted by Gasteiger charge is -2.20. The first-order chi connectivity index (χ1) is 21.9. The van der Waals surface area contributed by atoms with E-state index in [2.05, 4.69) is 0 Å². The molecule has 0 saturated carbocycles. The summed E-state index contributed by atoms with van der Waals surface area (Å²) in [5, 5.41) is 4.88. The number of aromatic nitrogens is 2. The predicted molar refractivity (Wildman–Crippen MR) is 178 cm³/mol. The average Bonchev–Trinajstić information content (AvgIpc) is 3.69. The van der Waals surface area contributed by atoms with Gasteiger partial charge in [-0.1, -0.05) is 73.2 Å². The van der Waals surface area contributed by atoms with E-state index in [-0.39, 0.29) is 17.6 Å². The normalized spacial score (nSPS) is 18.1. The average molecular weight is 659 g/mol. The second kappa shape index (κ2) is 12.4. The fourth-order valence-electron chi connectivity index (χ4n) is 5.66. The maximum atomic E-state index is 13.7. The number of carbonyl (C=O) groups excluding carboxylic acids is 1. The Kier molecular flexibility index (Phi) is 8.21. The summed E-state index contributed by atoms with van der Waals surface area (Å²) in [6.45, 7) is 1.52. The first-order valence-corrected chi connectivity index (χ1v) is 17.4. The summed E-state index contributed by atoms with van der Waals surface area (Å²) in [6.07, 6.45) is 7.43. The molecule has 12 heteroatoms. The van der Waals surface area contributed by atoms with Crippen molar-refractivity contribution in [3.05, 3.63) is 95.0 Å². The van der Waals surface area contributed by atoms with E-state index in [1.807, 2.05) is 60.8 Å². The lowest BCUT2D eigenvalue weighted by Crippen LogP contribution is -2.31. The third kappa shape index (κ3) is 6.02. The van der Waals surface area contributed by atoms with Crippen LogP contribution < -0.4 is 9.47 Å². The third-order valence-corrected chi connectivity index (χ3v) is 11.3. The van der Waals surface area contributed by atoms with Crippen molar-refractivity contribution < 1.29 is 22.7 Å². The van der Waals surface area contributed by atoms with E-state index >= 15 is 0 Å². The number of ether oxygens (including phenoxy) is 2. The molecule has 9 nitrogen and oxygen atoms in total. The SMILES string of the molecule is O=C1/C(=C/c2cn(-c3ccccc3)nc2-c2cccc(S(=O)(=O)N3CCCCCC3)c2)SC(=S)N1Cc1ccc2c(c1)OCO2. The van der Waals surface area contributed by atoms with Crippen molar-refractivity contribution in [2.45, 2.75) is 37.1 Å². The summed E-state index contributed by atoms with van der Waals surface area (Å²) < 4.78 is 42.0. The van der Waals surface area contributed by atoms with Crippen LogP contribution >= 0.6 is 24.0 Å². The standard InChI is InChI=1S/C33H30N4O5S3/c38-32-30(44-33(43)36(32)20-23-13-14-28-29(17-23)42-22-41-28)19-25-21-37(26-10-4-3-5-11-26)34-31(25)24-9-8-12-27(18-24)45(39,40)35-15-6-1-2-7-16-35/h3-5,8-14,17-19,21H,1-2,6-7,15-16,20,22H2/b30-19-. The Morgan fingerprint density at radius 2 is 1.69 bits per heavy atom. The minimum atomic E-state index is -3.67. The van der Waals surface area contributed by atoms with Gasteiger partial charge < -0.3 is 9.47 Å². The maximum Gasteiger partial charge on any atom is 0.266 e. The molecule has 0 radical (unpaired) electrons. The topological polar surface area (TPSA) is 94.0 Å². The summed E-state index contributed by atoms with van der Waals surface area (Å²) >= 11 is 6.86. The molecule has 0 spiro atoms. The molecule has 0 bridgehead atoms. The quantitative estimate of drug-likeness (QED) is 0.170. The number of nitrogens with zero attached hydrogens (tertiary/aromatic N) is 4. The Bertz CT molecular complexity index is 1920. The van der Waals surface area contributed by atoms with Gasteiger partial charge in [0.2, 0.25) is 16.8 Å². The molecule has 1 aromatic heterocycles. The third-order valence-electron chi connectivity index (χ3n) is 8.01. The van der Waals surface area contributed by atoms with Crippen molar-refractivity contribution in [2.75, 3.05) is 19.9 Å². The van der Waals surface area contributed by atoms with Gasteiger partial charge in [-0.15, -0.1) is 0 Å². The Hall–Kier alpha value is -3.97. The van der Waals surface area contributed by atoms with Gasteiger partial charge in [-0.05, 0) is 60.9 Å². The van der Waals surface area contributed by atoms with Crippen LogP contribution in [-0.2, 0) is 21.4 Å². The number of benzene rings is 3. The van der Waals surface area contributed by atoms with Crippen LogP contribution in [0.15, 0.2) is 88.8 Å². The Labute approximate surface area is 271 Å². The second-order valence-electron chi connectivity index (χ2n) is 11.0. The van der Waals surface area contributed by atoms with Crippen LogP contribution in [0.25, 0.3) is 23.0 Å². The summed E-state index contributed by atoms with van der Waals surface area (Å²) in [5.41, 5.74) is 3.58. The van der Waals surface area contributed by atoms with Gasteiger partial charge in [0.25, 0.3) is 5.91 Å². The van der Waals surface area contributed by atoms with E-state index < -0.39 is 10.0 Å². The Morgan fingerprint density at radius 3 is 2.49 bits per heavy atom. The van der Waals surface area contributed by atoms with Gasteiger partial charge in [0.15, 0.2) is 11.5 Å². The Balaban J connectivity index is 1.23. The number of thiocarbonyl (C=S) groups is 1. The monoisotopic (exact) mass is 658 g/mol. The molecule has 0 unspecified atom stereocenters. The number of fused-ring (bicyclic) bond motifs is 1. The zero-order valence-electron chi connectivity index (χ0n) is 24.3. The van der Waals surface area contributed by atoms with Crippen molar-refractivity contribution in [2.24, 2.45) is 0 Å². The number of hydrogen-bond acceptors (Lipinski definition) is 8. The molecule has 2 fully saturated rings.